The van der Waals surface area contributed by atoms with Crippen molar-refractivity contribution in [3.8, 4) is 0 Å². The van der Waals surface area contributed by atoms with Crippen LogP contribution in [0.5, 0.6) is 0 Å². The number of rotatable bonds is 7. The summed E-state index contributed by atoms with van der Waals surface area (Å²) in [7, 11) is 4.53. The topological polar surface area (TPSA) is 18.5 Å². The van der Waals surface area contributed by atoms with E-state index in [2.05, 4.69) is 50.0 Å². The molecule has 1 N–H and O–H groups in total. The summed E-state index contributed by atoms with van der Waals surface area (Å²) in [6.07, 6.45) is 3.98. The average Bonchev–Trinajstić information content (AvgIpc) is 2.64. The number of hydrogen-bond acceptors (Lipinski definition) is 3. The van der Waals surface area contributed by atoms with Crippen LogP contribution in [0.25, 0.3) is 0 Å². The third kappa shape index (κ3) is 4.94. The summed E-state index contributed by atoms with van der Waals surface area (Å²) in [4.78, 5) is 5.04. The van der Waals surface area contributed by atoms with Gasteiger partial charge in [0.2, 0.25) is 0 Å². The van der Waals surface area contributed by atoms with Crippen LogP contribution in [0.15, 0.2) is 0 Å². The monoisotopic (exact) mass is 241 g/mol. The van der Waals surface area contributed by atoms with Crippen LogP contribution >= 0.6 is 0 Å². The predicted molar refractivity (Wildman–Crippen MR) is 75.5 cm³/mol. The third-order valence-corrected chi connectivity index (χ3v) is 4.17. The van der Waals surface area contributed by atoms with Crippen molar-refractivity contribution >= 4 is 0 Å². The third-order valence-electron chi connectivity index (χ3n) is 4.17. The largest absolute Gasteiger partial charge is 0.314 e. The van der Waals surface area contributed by atoms with E-state index in [4.69, 9.17) is 0 Å². The molecule has 1 heterocycles. The summed E-state index contributed by atoms with van der Waals surface area (Å²) in [5.41, 5.74) is 0. The van der Waals surface area contributed by atoms with Gasteiger partial charge >= 0.3 is 0 Å². The fourth-order valence-electron chi connectivity index (χ4n) is 2.85. The molecule has 17 heavy (non-hydrogen) atoms. The molecule has 1 rings (SSSR count). The maximum Gasteiger partial charge on any atom is 0.0220 e. The molecule has 0 aromatic heterocycles. The van der Waals surface area contributed by atoms with E-state index >= 15 is 0 Å². The van der Waals surface area contributed by atoms with Gasteiger partial charge in [-0.15, -0.1) is 0 Å². The Morgan fingerprint density at radius 3 is 2.65 bits per heavy atom. The van der Waals surface area contributed by atoms with Gasteiger partial charge in [0, 0.05) is 24.7 Å². The van der Waals surface area contributed by atoms with E-state index in [1.54, 1.807) is 0 Å². The van der Waals surface area contributed by atoms with Crippen LogP contribution in [0.1, 0.15) is 40.0 Å². The Kier molecular flexibility index (Phi) is 6.45. The molecular weight excluding hydrogens is 210 g/mol. The highest BCUT2D eigenvalue weighted by Crippen LogP contribution is 2.17. The van der Waals surface area contributed by atoms with Crippen molar-refractivity contribution in [1.82, 2.24) is 15.1 Å². The maximum atomic E-state index is 3.50. The first-order chi connectivity index (χ1) is 8.04. The number of likely N-dealkylation sites (N-methyl/N-ethyl adjacent to an activating group) is 2. The molecule has 0 amide bonds. The fourth-order valence-corrected chi connectivity index (χ4v) is 2.85. The van der Waals surface area contributed by atoms with E-state index in [1.165, 1.54) is 32.4 Å². The van der Waals surface area contributed by atoms with Crippen molar-refractivity contribution in [3.63, 3.8) is 0 Å². The van der Waals surface area contributed by atoms with Gasteiger partial charge in [0.15, 0.2) is 0 Å². The van der Waals surface area contributed by atoms with Crippen LogP contribution in [-0.2, 0) is 0 Å². The fraction of sp³-hybridized carbons (Fsp3) is 1.00. The second-order valence-electron chi connectivity index (χ2n) is 5.76. The molecule has 0 saturated carbocycles. The van der Waals surface area contributed by atoms with Gasteiger partial charge in [0.25, 0.3) is 0 Å². The second-order valence-corrected chi connectivity index (χ2v) is 5.76. The van der Waals surface area contributed by atoms with Crippen molar-refractivity contribution in [1.29, 1.82) is 0 Å². The van der Waals surface area contributed by atoms with Gasteiger partial charge in [-0.05, 0) is 60.3 Å². The summed E-state index contributed by atoms with van der Waals surface area (Å²) >= 11 is 0. The van der Waals surface area contributed by atoms with Gasteiger partial charge in [-0.25, -0.2) is 0 Å². The van der Waals surface area contributed by atoms with Crippen LogP contribution in [0.3, 0.4) is 0 Å². The van der Waals surface area contributed by atoms with E-state index in [1.807, 2.05) is 0 Å². The summed E-state index contributed by atoms with van der Waals surface area (Å²) in [6, 6.07) is 2.06. The Balaban J connectivity index is 2.28. The molecule has 0 radical (unpaired) electrons. The Bertz CT molecular complexity index is 208. The number of hydrogen-bond donors (Lipinski definition) is 1. The Morgan fingerprint density at radius 2 is 2.12 bits per heavy atom. The highest BCUT2D eigenvalue weighted by Gasteiger charge is 2.24. The van der Waals surface area contributed by atoms with E-state index < -0.39 is 0 Å². The highest BCUT2D eigenvalue weighted by atomic mass is 15.2. The van der Waals surface area contributed by atoms with Gasteiger partial charge in [-0.2, -0.15) is 0 Å². The van der Waals surface area contributed by atoms with Crippen LogP contribution in [0, 0.1) is 0 Å². The Morgan fingerprint density at radius 1 is 1.41 bits per heavy atom. The van der Waals surface area contributed by atoms with Gasteiger partial charge < -0.3 is 15.1 Å². The van der Waals surface area contributed by atoms with Crippen molar-refractivity contribution in [2.75, 3.05) is 33.7 Å². The van der Waals surface area contributed by atoms with Crippen molar-refractivity contribution < 1.29 is 0 Å². The van der Waals surface area contributed by atoms with Gasteiger partial charge in [-0.3, -0.25) is 0 Å². The van der Waals surface area contributed by atoms with Crippen LogP contribution < -0.4 is 5.32 Å². The van der Waals surface area contributed by atoms with E-state index in [0.717, 1.165) is 12.6 Å². The lowest BCUT2D eigenvalue weighted by molar-refractivity contribution is 0.172. The number of nitrogens with one attached hydrogen (secondary N) is 1. The standard InChI is InChI=1S/C14H31N3/c1-6-15-12(2)10-13(3)17(5)11-14-8-7-9-16(14)4/h12-15H,6-11H2,1-5H3. The Hall–Kier alpha value is -0.120. The van der Waals surface area contributed by atoms with Crippen molar-refractivity contribution in [2.45, 2.75) is 58.2 Å². The average molecular weight is 241 g/mol. The van der Waals surface area contributed by atoms with Crippen molar-refractivity contribution in [3.05, 3.63) is 0 Å². The molecule has 3 nitrogen and oxygen atoms in total. The molecule has 0 aromatic carbocycles. The second kappa shape index (κ2) is 7.34. The van der Waals surface area contributed by atoms with E-state index in [9.17, 15) is 0 Å². The van der Waals surface area contributed by atoms with Gasteiger partial charge in [-0.1, -0.05) is 6.92 Å². The molecule has 1 aliphatic heterocycles. The summed E-state index contributed by atoms with van der Waals surface area (Å²) in [5.74, 6) is 0. The number of likely N-dealkylation sites (tertiary alicyclic amines) is 1. The minimum absolute atomic E-state index is 0.624. The molecule has 0 bridgehead atoms. The van der Waals surface area contributed by atoms with E-state index in [0.29, 0.717) is 12.1 Å². The van der Waals surface area contributed by atoms with Gasteiger partial charge in [0.05, 0.1) is 0 Å². The first-order valence-corrected chi connectivity index (χ1v) is 7.18. The quantitative estimate of drug-likeness (QED) is 0.733. The van der Waals surface area contributed by atoms with Crippen LogP contribution in [0.4, 0.5) is 0 Å². The molecule has 3 unspecified atom stereocenters. The molecule has 0 spiro atoms. The van der Waals surface area contributed by atoms with E-state index in [-0.39, 0.29) is 0 Å². The zero-order valence-corrected chi connectivity index (χ0v) is 12.4. The summed E-state index contributed by atoms with van der Waals surface area (Å²) in [6.45, 7) is 10.4. The lowest BCUT2D eigenvalue weighted by Crippen LogP contribution is -2.43. The molecule has 3 atom stereocenters. The molecule has 0 aromatic rings. The summed E-state index contributed by atoms with van der Waals surface area (Å²) in [5, 5.41) is 3.50. The molecule has 1 aliphatic rings. The number of nitrogens with zero attached hydrogens (tertiary/aromatic N) is 2. The first kappa shape index (κ1) is 14.9. The molecule has 102 valence electrons. The Labute approximate surface area is 108 Å². The molecular formula is C14H31N3. The highest BCUT2D eigenvalue weighted by molar-refractivity contribution is 4.81. The lowest BCUT2D eigenvalue weighted by atomic mass is 10.1. The molecule has 3 heteroatoms. The first-order valence-electron chi connectivity index (χ1n) is 7.18. The van der Waals surface area contributed by atoms with Gasteiger partial charge in [0.1, 0.15) is 0 Å². The molecule has 0 aliphatic carbocycles. The normalized spacial score (nSPS) is 25.4. The minimum Gasteiger partial charge on any atom is -0.314 e. The van der Waals surface area contributed by atoms with Crippen LogP contribution in [-0.4, -0.2) is 61.7 Å². The lowest BCUT2D eigenvalue weighted by Gasteiger charge is -2.31. The summed E-state index contributed by atoms with van der Waals surface area (Å²) < 4.78 is 0. The molecule has 1 fully saturated rings. The molecule has 1 saturated heterocycles. The zero-order valence-electron chi connectivity index (χ0n) is 12.4. The maximum absolute atomic E-state index is 3.50. The zero-order chi connectivity index (χ0) is 12.8. The van der Waals surface area contributed by atoms with Crippen molar-refractivity contribution in [2.24, 2.45) is 0 Å². The smallest absolute Gasteiger partial charge is 0.0220 e. The van der Waals surface area contributed by atoms with Crippen LogP contribution in [0.2, 0.25) is 0 Å². The minimum atomic E-state index is 0.624. The SMILES string of the molecule is CCNC(C)CC(C)N(C)CC1CCCN1C. The predicted octanol–water partition coefficient (Wildman–Crippen LogP) is 1.79.